The summed E-state index contributed by atoms with van der Waals surface area (Å²) < 4.78 is 43.5. The van der Waals surface area contributed by atoms with Crippen molar-refractivity contribution >= 4 is 22.4 Å². The zero-order valence-electron chi connectivity index (χ0n) is 13.6. The van der Waals surface area contributed by atoms with Gasteiger partial charge in [-0.3, -0.25) is 9.88 Å². The first-order chi connectivity index (χ1) is 11.0. The number of aromatic nitrogens is 1. The van der Waals surface area contributed by atoms with E-state index in [4.69, 9.17) is 4.74 Å². The minimum atomic E-state index is -4.50. The Kier molecular flexibility index (Phi) is 4.89. The maximum Gasteiger partial charge on any atom is 0.433 e. The lowest BCUT2D eigenvalue weighted by Gasteiger charge is -2.23. The van der Waals surface area contributed by atoms with Gasteiger partial charge in [-0.1, -0.05) is 0 Å². The molecule has 1 amide bonds. The Hall–Kier alpha value is -2.09. The number of carbonyl (C=O) groups excluding carboxylic acids is 1. The normalized spacial score (nSPS) is 12.1. The molecule has 0 spiro atoms. The van der Waals surface area contributed by atoms with Crippen molar-refractivity contribution in [1.82, 2.24) is 4.98 Å². The van der Waals surface area contributed by atoms with E-state index in [2.05, 4.69) is 4.98 Å². The third kappa shape index (κ3) is 4.47. The first-order valence-corrected chi connectivity index (χ1v) is 7.94. The largest absolute Gasteiger partial charge is 0.443 e. The van der Waals surface area contributed by atoms with Gasteiger partial charge in [0.1, 0.15) is 16.3 Å². The number of hydrogen-bond donors (Lipinski definition) is 0. The Labute approximate surface area is 141 Å². The first kappa shape index (κ1) is 18.3. The Balaban J connectivity index is 2.23. The van der Waals surface area contributed by atoms with Crippen LogP contribution in [-0.4, -0.2) is 23.7 Å². The van der Waals surface area contributed by atoms with Gasteiger partial charge in [0.25, 0.3) is 0 Å². The molecule has 0 saturated heterocycles. The molecule has 0 N–H and O–H groups in total. The Morgan fingerprint density at radius 2 is 1.88 bits per heavy atom. The molecule has 0 unspecified atom stereocenters. The van der Waals surface area contributed by atoms with Crippen LogP contribution in [0.5, 0.6) is 0 Å². The lowest BCUT2D eigenvalue weighted by Crippen LogP contribution is -2.33. The highest BCUT2D eigenvalue weighted by atomic mass is 32.1. The summed E-state index contributed by atoms with van der Waals surface area (Å²) >= 11 is 1.24. The monoisotopic (exact) mass is 358 g/mol. The second-order valence-electron chi connectivity index (χ2n) is 6.14. The first-order valence-electron chi connectivity index (χ1n) is 7.06. The molecular weight excluding hydrogens is 341 g/mol. The molecule has 0 radical (unpaired) electrons. The molecule has 2 rings (SSSR count). The van der Waals surface area contributed by atoms with Gasteiger partial charge in [-0.2, -0.15) is 13.2 Å². The molecule has 0 aliphatic rings. The lowest BCUT2D eigenvalue weighted by atomic mass is 10.1. The summed E-state index contributed by atoms with van der Waals surface area (Å²) in [5.41, 5.74) is -0.609. The molecule has 8 heteroatoms. The summed E-state index contributed by atoms with van der Waals surface area (Å²) in [5, 5.41) is 2.26. The second kappa shape index (κ2) is 6.43. The Morgan fingerprint density at radius 1 is 1.21 bits per heavy atom. The van der Waals surface area contributed by atoms with Gasteiger partial charge >= 0.3 is 12.3 Å². The van der Waals surface area contributed by atoms with Crippen molar-refractivity contribution in [2.45, 2.75) is 32.5 Å². The van der Waals surface area contributed by atoms with E-state index in [1.807, 2.05) is 0 Å². The molecule has 0 aliphatic heterocycles. The molecule has 2 aromatic rings. The summed E-state index contributed by atoms with van der Waals surface area (Å²) in [5.74, 6) is 0. The molecule has 0 fully saturated rings. The van der Waals surface area contributed by atoms with Crippen LogP contribution in [0.4, 0.5) is 23.0 Å². The predicted molar refractivity (Wildman–Crippen MR) is 87.2 cm³/mol. The minimum absolute atomic E-state index is 0.386. The van der Waals surface area contributed by atoms with Crippen molar-refractivity contribution in [3.05, 3.63) is 35.5 Å². The van der Waals surface area contributed by atoms with Gasteiger partial charge in [0.2, 0.25) is 0 Å². The summed E-state index contributed by atoms with van der Waals surface area (Å²) in [6, 6.07) is 4.12. The quantitative estimate of drug-likeness (QED) is 0.741. The van der Waals surface area contributed by atoms with E-state index in [1.165, 1.54) is 22.3 Å². The molecule has 0 aliphatic carbocycles. The lowest BCUT2D eigenvalue weighted by molar-refractivity contribution is -0.141. The topological polar surface area (TPSA) is 42.4 Å². The van der Waals surface area contributed by atoms with E-state index in [-0.39, 0.29) is 0 Å². The number of nitrogens with zero attached hydrogens (tertiary/aromatic N) is 2. The minimum Gasteiger partial charge on any atom is -0.443 e. The average molecular weight is 358 g/mol. The van der Waals surface area contributed by atoms with Crippen molar-refractivity contribution in [2.75, 3.05) is 11.9 Å². The Bertz CT molecular complexity index is 735. The molecule has 130 valence electrons. The van der Waals surface area contributed by atoms with Crippen molar-refractivity contribution in [1.29, 1.82) is 0 Å². The van der Waals surface area contributed by atoms with Crippen molar-refractivity contribution in [2.24, 2.45) is 0 Å². The maximum atomic E-state index is 12.8. The van der Waals surface area contributed by atoms with Crippen LogP contribution in [0, 0.1) is 0 Å². The van der Waals surface area contributed by atoms with Crippen LogP contribution in [0.15, 0.2) is 29.8 Å². The van der Waals surface area contributed by atoms with Gasteiger partial charge in [0, 0.05) is 18.6 Å². The second-order valence-corrected chi connectivity index (χ2v) is 7.03. The number of pyridine rings is 1. The summed E-state index contributed by atoms with van der Waals surface area (Å²) in [6.45, 7) is 5.27. The van der Waals surface area contributed by atoms with E-state index in [9.17, 15) is 18.0 Å². The number of amides is 1. The van der Waals surface area contributed by atoms with Gasteiger partial charge in [-0.05, 0) is 50.1 Å². The molecule has 0 saturated carbocycles. The van der Waals surface area contributed by atoms with Crippen LogP contribution >= 0.6 is 11.3 Å². The van der Waals surface area contributed by atoms with E-state index in [1.54, 1.807) is 39.3 Å². The molecule has 2 aromatic heterocycles. The third-order valence-electron chi connectivity index (χ3n) is 2.97. The number of ether oxygens (including phenoxy) is 1. The van der Waals surface area contributed by atoms with Gasteiger partial charge in [-0.15, -0.1) is 11.3 Å². The van der Waals surface area contributed by atoms with E-state index >= 15 is 0 Å². The van der Waals surface area contributed by atoms with E-state index in [0.717, 1.165) is 12.3 Å². The molecule has 0 atom stereocenters. The number of anilines is 1. The number of hydrogen-bond acceptors (Lipinski definition) is 4. The van der Waals surface area contributed by atoms with Crippen molar-refractivity contribution < 1.29 is 22.7 Å². The van der Waals surface area contributed by atoms with Gasteiger partial charge in [0.15, 0.2) is 0 Å². The number of rotatable bonds is 2. The molecular formula is C16H17F3N2O2S. The fourth-order valence-electron chi connectivity index (χ4n) is 1.84. The molecule has 24 heavy (non-hydrogen) atoms. The highest BCUT2D eigenvalue weighted by Gasteiger charge is 2.32. The van der Waals surface area contributed by atoms with Crippen molar-refractivity contribution in [3.63, 3.8) is 0 Å². The average Bonchev–Trinajstić information content (AvgIpc) is 2.93. The number of thiophene rings is 1. The zero-order valence-corrected chi connectivity index (χ0v) is 14.5. The maximum absolute atomic E-state index is 12.8. The standard InChI is InChI=1S/C16H17F3N2O2S/c1-15(2,3)23-14(22)21(4)13-8-11(9-24-13)10-5-6-20-12(7-10)16(17,18)19/h5-9H,1-4H3. The van der Waals surface area contributed by atoms with Crippen LogP contribution in [0.1, 0.15) is 26.5 Å². The fourth-order valence-corrected chi connectivity index (χ4v) is 2.72. The SMILES string of the molecule is CN(C(=O)OC(C)(C)C)c1cc(-c2ccnc(C(F)(F)F)c2)cs1. The molecule has 0 bridgehead atoms. The zero-order chi connectivity index (χ0) is 18.1. The smallest absolute Gasteiger partial charge is 0.433 e. The van der Waals surface area contributed by atoms with Gasteiger partial charge in [0.05, 0.1) is 0 Å². The molecule has 2 heterocycles. The predicted octanol–water partition coefficient (Wildman–Crippen LogP) is 5.20. The van der Waals surface area contributed by atoms with Gasteiger partial charge in [-0.25, -0.2) is 4.79 Å². The van der Waals surface area contributed by atoms with Crippen LogP contribution in [-0.2, 0) is 10.9 Å². The Morgan fingerprint density at radius 3 is 2.46 bits per heavy atom. The summed E-state index contributed by atoms with van der Waals surface area (Å²) in [7, 11) is 1.55. The van der Waals surface area contributed by atoms with Crippen LogP contribution in [0.25, 0.3) is 11.1 Å². The molecule has 4 nitrogen and oxygen atoms in total. The molecule has 0 aromatic carbocycles. The summed E-state index contributed by atoms with van der Waals surface area (Å²) in [6.07, 6.45) is -3.91. The van der Waals surface area contributed by atoms with Crippen LogP contribution in [0.2, 0.25) is 0 Å². The highest BCUT2D eigenvalue weighted by molar-refractivity contribution is 7.14. The van der Waals surface area contributed by atoms with Crippen LogP contribution < -0.4 is 4.90 Å². The number of alkyl halides is 3. The van der Waals surface area contributed by atoms with E-state index in [0.29, 0.717) is 16.1 Å². The number of carbonyl (C=O) groups is 1. The number of halogens is 3. The van der Waals surface area contributed by atoms with Crippen LogP contribution in [0.3, 0.4) is 0 Å². The highest BCUT2D eigenvalue weighted by Crippen LogP contribution is 2.34. The van der Waals surface area contributed by atoms with E-state index < -0.39 is 23.6 Å². The third-order valence-corrected chi connectivity index (χ3v) is 3.97. The summed E-state index contributed by atoms with van der Waals surface area (Å²) in [4.78, 5) is 16.7. The fraction of sp³-hybridized carbons (Fsp3) is 0.375. The van der Waals surface area contributed by atoms with Gasteiger partial charge < -0.3 is 4.74 Å². The van der Waals surface area contributed by atoms with Crippen molar-refractivity contribution in [3.8, 4) is 11.1 Å².